The van der Waals surface area contributed by atoms with Gasteiger partial charge in [-0.1, -0.05) is 50.2 Å². The molecule has 3 aromatic carbocycles. The first-order valence-corrected chi connectivity index (χ1v) is 10.0. The fraction of sp³-hybridized carbons (Fsp3) is 0.292. The van der Waals surface area contributed by atoms with Crippen molar-refractivity contribution in [3.8, 4) is 5.75 Å². The van der Waals surface area contributed by atoms with E-state index in [0.717, 1.165) is 49.0 Å². The second-order valence-corrected chi connectivity index (χ2v) is 6.97. The van der Waals surface area contributed by atoms with Gasteiger partial charge in [0.25, 0.3) is 0 Å². The van der Waals surface area contributed by atoms with Crippen molar-refractivity contribution in [1.82, 2.24) is 4.90 Å². The van der Waals surface area contributed by atoms with E-state index in [1.165, 1.54) is 16.5 Å². The summed E-state index contributed by atoms with van der Waals surface area (Å²) in [7, 11) is 1.72. The lowest BCUT2D eigenvalue weighted by Gasteiger charge is -2.33. The van der Waals surface area contributed by atoms with Crippen molar-refractivity contribution in [1.29, 1.82) is 0 Å². The molecule has 0 N–H and O–H groups in total. The number of amidine groups is 1. The van der Waals surface area contributed by atoms with E-state index in [1.807, 2.05) is 18.2 Å². The molecule has 4 rings (SSSR count). The van der Waals surface area contributed by atoms with E-state index < -0.39 is 0 Å². The molecular weight excluding hydrogens is 346 g/mol. The van der Waals surface area contributed by atoms with Gasteiger partial charge in [-0.15, -0.1) is 0 Å². The molecule has 0 aliphatic carbocycles. The molecule has 1 aliphatic rings. The van der Waals surface area contributed by atoms with Gasteiger partial charge in [-0.3, -0.25) is 0 Å². The molecule has 1 heterocycles. The summed E-state index contributed by atoms with van der Waals surface area (Å²) in [5.41, 5.74) is 3.26. The number of hydrogen-bond acceptors (Lipinski definition) is 4. The third-order valence-electron chi connectivity index (χ3n) is 5.52. The van der Waals surface area contributed by atoms with Crippen molar-refractivity contribution >= 4 is 28.0 Å². The highest BCUT2D eigenvalue weighted by Crippen LogP contribution is 2.40. The standard InChI is InChI=1S/C24H27N3O/c1-4-26(5-2)16-17-27-21-14-9-11-18-10-8-13-20(23(18)21)25-24(27)19-12-6-7-15-22(19)28-3/h6-15H,4-5,16-17H2,1-3H3. The molecule has 4 nitrogen and oxygen atoms in total. The van der Waals surface area contributed by atoms with E-state index in [9.17, 15) is 0 Å². The lowest BCUT2D eigenvalue weighted by atomic mass is 10.0. The number of methoxy groups -OCH3 is 1. The van der Waals surface area contributed by atoms with E-state index >= 15 is 0 Å². The van der Waals surface area contributed by atoms with E-state index in [4.69, 9.17) is 9.73 Å². The van der Waals surface area contributed by atoms with E-state index in [-0.39, 0.29) is 0 Å². The number of hydrogen-bond donors (Lipinski definition) is 0. The predicted molar refractivity (Wildman–Crippen MR) is 118 cm³/mol. The molecule has 0 aromatic heterocycles. The zero-order valence-corrected chi connectivity index (χ0v) is 16.9. The number of ether oxygens (including phenoxy) is 1. The number of aliphatic imine (C=N–C) groups is 1. The van der Waals surface area contributed by atoms with E-state index in [2.05, 4.69) is 66.1 Å². The summed E-state index contributed by atoms with van der Waals surface area (Å²) in [6, 6.07) is 21.0. The Hall–Kier alpha value is -2.85. The van der Waals surface area contributed by atoms with Crippen molar-refractivity contribution in [2.75, 3.05) is 38.2 Å². The summed E-state index contributed by atoms with van der Waals surface area (Å²) in [6.45, 7) is 8.39. The highest BCUT2D eigenvalue weighted by molar-refractivity contribution is 6.21. The lowest BCUT2D eigenvalue weighted by molar-refractivity contribution is 0.313. The van der Waals surface area contributed by atoms with Crippen molar-refractivity contribution in [2.45, 2.75) is 13.8 Å². The zero-order valence-electron chi connectivity index (χ0n) is 16.9. The van der Waals surface area contributed by atoms with E-state index in [1.54, 1.807) is 7.11 Å². The topological polar surface area (TPSA) is 28.1 Å². The number of benzene rings is 3. The average molecular weight is 374 g/mol. The van der Waals surface area contributed by atoms with Crippen LogP contribution in [0.1, 0.15) is 19.4 Å². The van der Waals surface area contributed by atoms with Gasteiger partial charge in [0, 0.05) is 18.5 Å². The van der Waals surface area contributed by atoms with Gasteiger partial charge in [-0.2, -0.15) is 0 Å². The lowest BCUT2D eigenvalue weighted by Crippen LogP contribution is -2.40. The van der Waals surface area contributed by atoms with Gasteiger partial charge in [0.15, 0.2) is 0 Å². The highest BCUT2D eigenvalue weighted by atomic mass is 16.5. The molecule has 0 amide bonds. The van der Waals surface area contributed by atoms with Crippen molar-refractivity contribution in [2.24, 2.45) is 4.99 Å². The molecular formula is C24H27N3O. The molecule has 1 aliphatic heterocycles. The number of para-hydroxylation sites is 1. The van der Waals surface area contributed by atoms with Gasteiger partial charge in [-0.05, 0) is 42.7 Å². The molecule has 0 radical (unpaired) electrons. The van der Waals surface area contributed by atoms with Crippen LogP contribution in [0.25, 0.3) is 10.8 Å². The molecule has 0 spiro atoms. The summed E-state index contributed by atoms with van der Waals surface area (Å²) in [4.78, 5) is 9.90. The van der Waals surface area contributed by atoms with Crippen LogP contribution in [0.5, 0.6) is 5.75 Å². The fourth-order valence-corrected chi connectivity index (χ4v) is 3.95. The third-order valence-corrected chi connectivity index (χ3v) is 5.52. The largest absolute Gasteiger partial charge is 0.496 e. The first kappa shape index (κ1) is 18.5. The fourth-order valence-electron chi connectivity index (χ4n) is 3.95. The second-order valence-electron chi connectivity index (χ2n) is 6.97. The van der Waals surface area contributed by atoms with Gasteiger partial charge in [0.1, 0.15) is 11.6 Å². The SMILES string of the molecule is CCN(CC)CCN1C(c2ccccc2OC)=Nc2cccc3cccc1c23. The normalized spacial score (nSPS) is 13.1. The first-order chi connectivity index (χ1) is 13.8. The number of rotatable bonds is 7. The monoisotopic (exact) mass is 373 g/mol. The Bertz CT molecular complexity index is 1000. The van der Waals surface area contributed by atoms with Crippen LogP contribution in [0.3, 0.4) is 0 Å². The van der Waals surface area contributed by atoms with Crippen LogP contribution in [-0.4, -0.2) is 44.0 Å². The maximum absolute atomic E-state index is 5.66. The quantitative estimate of drug-likeness (QED) is 0.577. The van der Waals surface area contributed by atoms with Gasteiger partial charge in [-0.25, -0.2) is 4.99 Å². The summed E-state index contributed by atoms with van der Waals surface area (Å²) < 4.78 is 5.66. The van der Waals surface area contributed by atoms with Crippen LogP contribution >= 0.6 is 0 Å². The maximum Gasteiger partial charge on any atom is 0.144 e. The Morgan fingerprint density at radius 2 is 1.68 bits per heavy atom. The molecule has 144 valence electrons. The Kier molecular flexibility index (Phi) is 5.31. The molecule has 0 unspecified atom stereocenters. The van der Waals surface area contributed by atoms with E-state index in [0.29, 0.717) is 0 Å². The number of nitrogens with zero attached hydrogens (tertiary/aromatic N) is 3. The minimum atomic E-state index is 0.848. The molecule has 0 atom stereocenters. The van der Waals surface area contributed by atoms with Crippen LogP contribution in [-0.2, 0) is 0 Å². The van der Waals surface area contributed by atoms with Crippen LogP contribution in [0.2, 0.25) is 0 Å². The van der Waals surface area contributed by atoms with Crippen molar-refractivity contribution < 1.29 is 4.74 Å². The maximum atomic E-state index is 5.66. The predicted octanol–water partition coefficient (Wildman–Crippen LogP) is 5.09. The Balaban J connectivity index is 1.86. The smallest absolute Gasteiger partial charge is 0.144 e. The zero-order chi connectivity index (χ0) is 19.5. The minimum absolute atomic E-state index is 0.848. The molecule has 0 bridgehead atoms. The summed E-state index contributed by atoms with van der Waals surface area (Å²) >= 11 is 0. The third kappa shape index (κ3) is 3.25. The molecule has 3 aromatic rings. The molecule has 0 saturated heterocycles. The number of likely N-dealkylation sites (N-methyl/N-ethyl adjacent to an activating group) is 1. The van der Waals surface area contributed by atoms with Gasteiger partial charge >= 0.3 is 0 Å². The summed E-state index contributed by atoms with van der Waals surface area (Å²) in [5.74, 6) is 1.80. The van der Waals surface area contributed by atoms with Crippen LogP contribution < -0.4 is 9.64 Å². The van der Waals surface area contributed by atoms with Gasteiger partial charge in [0.05, 0.1) is 24.0 Å². The molecule has 28 heavy (non-hydrogen) atoms. The first-order valence-electron chi connectivity index (χ1n) is 10.0. The van der Waals surface area contributed by atoms with Gasteiger partial charge < -0.3 is 14.5 Å². The average Bonchev–Trinajstić information content (AvgIpc) is 2.75. The van der Waals surface area contributed by atoms with Crippen LogP contribution in [0.4, 0.5) is 11.4 Å². The van der Waals surface area contributed by atoms with Crippen LogP contribution in [0, 0.1) is 0 Å². The molecule has 4 heteroatoms. The van der Waals surface area contributed by atoms with Crippen molar-refractivity contribution in [3.63, 3.8) is 0 Å². The Morgan fingerprint density at radius 3 is 2.43 bits per heavy atom. The Labute approximate surface area is 167 Å². The molecule has 0 saturated carbocycles. The Morgan fingerprint density at radius 1 is 0.929 bits per heavy atom. The second kappa shape index (κ2) is 8.03. The highest BCUT2D eigenvalue weighted by Gasteiger charge is 2.25. The van der Waals surface area contributed by atoms with Crippen molar-refractivity contribution in [3.05, 3.63) is 66.2 Å². The van der Waals surface area contributed by atoms with Crippen LogP contribution in [0.15, 0.2) is 65.7 Å². The van der Waals surface area contributed by atoms with Gasteiger partial charge in [0.2, 0.25) is 0 Å². The summed E-state index contributed by atoms with van der Waals surface area (Å²) in [6.07, 6.45) is 0. The number of anilines is 1. The molecule has 0 fully saturated rings. The summed E-state index contributed by atoms with van der Waals surface area (Å²) in [5, 5.41) is 2.45. The minimum Gasteiger partial charge on any atom is -0.496 e.